The van der Waals surface area contributed by atoms with Gasteiger partial charge in [-0.1, -0.05) is 42.3 Å². The van der Waals surface area contributed by atoms with Crippen LogP contribution in [0.15, 0.2) is 53.1 Å². The monoisotopic (exact) mass is 443 g/mol. The highest BCUT2D eigenvalue weighted by Crippen LogP contribution is 2.30. The molecule has 2 aromatic carbocycles. The summed E-state index contributed by atoms with van der Waals surface area (Å²) in [6.45, 7) is 7.08. The van der Waals surface area contributed by atoms with Gasteiger partial charge in [0, 0.05) is 22.8 Å². The summed E-state index contributed by atoms with van der Waals surface area (Å²) in [4.78, 5) is 15.2. The summed E-state index contributed by atoms with van der Waals surface area (Å²) < 4.78 is 7.99. The van der Waals surface area contributed by atoms with Crippen molar-refractivity contribution in [3.05, 3.63) is 65.7 Å². The molecule has 0 radical (unpaired) electrons. The van der Waals surface area contributed by atoms with Gasteiger partial charge in [-0.3, -0.25) is 9.69 Å². The predicted octanol–water partition coefficient (Wildman–Crippen LogP) is 4.93. The minimum Gasteiger partial charge on any atom is -0.419 e. The normalized spacial score (nSPS) is 14.6. The van der Waals surface area contributed by atoms with E-state index in [4.69, 9.17) is 4.42 Å². The third-order valence-corrected chi connectivity index (χ3v) is 6.26. The zero-order chi connectivity index (χ0) is 22.8. The van der Waals surface area contributed by atoms with Gasteiger partial charge in [-0.15, -0.1) is 10.2 Å². The number of carbonyl (C=O) groups excluding carboxylic acids is 1. The standard InChI is InChI=1S/C26H29N5O2/c1-18-10-11-22(19(2)14-18)27-24(32)16-31-15-21(20-8-4-5-9-23(20)31)26-29-28-25(33-26)17-30-12-6-3-7-13-30/h4-5,8-11,14-15H,3,6-7,12-13,16-17H2,1-2H3,(H,27,32). The number of rotatable bonds is 6. The number of anilines is 1. The number of amides is 1. The Labute approximate surface area is 193 Å². The van der Waals surface area contributed by atoms with Crippen LogP contribution in [0.1, 0.15) is 36.3 Å². The average molecular weight is 444 g/mol. The molecule has 7 nitrogen and oxygen atoms in total. The quantitative estimate of drug-likeness (QED) is 0.457. The van der Waals surface area contributed by atoms with Crippen LogP contribution in [0.25, 0.3) is 22.4 Å². The number of aryl methyl sites for hydroxylation is 2. The molecule has 0 aliphatic carbocycles. The van der Waals surface area contributed by atoms with E-state index in [2.05, 4.69) is 26.5 Å². The number of benzene rings is 2. The van der Waals surface area contributed by atoms with E-state index in [0.29, 0.717) is 18.3 Å². The molecule has 0 saturated carbocycles. The Hall–Kier alpha value is -3.45. The summed E-state index contributed by atoms with van der Waals surface area (Å²) in [6.07, 6.45) is 5.67. The molecule has 4 aromatic rings. The number of nitrogens with one attached hydrogen (secondary N) is 1. The molecule has 2 aromatic heterocycles. The lowest BCUT2D eigenvalue weighted by Gasteiger charge is -2.24. The Morgan fingerprint density at radius 3 is 2.70 bits per heavy atom. The largest absolute Gasteiger partial charge is 0.419 e. The molecule has 1 aliphatic rings. The molecule has 0 spiro atoms. The number of likely N-dealkylation sites (tertiary alicyclic amines) is 1. The maximum absolute atomic E-state index is 12.8. The molecular weight excluding hydrogens is 414 g/mol. The van der Waals surface area contributed by atoms with Gasteiger partial charge in [-0.05, 0) is 57.5 Å². The molecule has 5 rings (SSSR count). The number of carbonyl (C=O) groups is 1. The molecule has 170 valence electrons. The van der Waals surface area contributed by atoms with Gasteiger partial charge in [0.25, 0.3) is 0 Å². The molecule has 1 N–H and O–H groups in total. The second-order valence-corrected chi connectivity index (χ2v) is 8.89. The third kappa shape index (κ3) is 4.68. The highest BCUT2D eigenvalue weighted by atomic mass is 16.4. The fourth-order valence-corrected chi connectivity index (χ4v) is 4.58. The Balaban J connectivity index is 1.37. The van der Waals surface area contributed by atoms with E-state index in [1.54, 1.807) is 0 Å². The fraction of sp³-hybridized carbons (Fsp3) is 0.346. The van der Waals surface area contributed by atoms with E-state index in [9.17, 15) is 4.79 Å². The third-order valence-electron chi connectivity index (χ3n) is 6.26. The number of para-hydroxylation sites is 1. The van der Waals surface area contributed by atoms with Gasteiger partial charge in [0.15, 0.2) is 0 Å². The van der Waals surface area contributed by atoms with Crippen LogP contribution in [0.3, 0.4) is 0 Å². The van der Waals surface area contributed by atoms with Gasteiger partial charge in [0.2, 0.25) is 17.7 Å². The van der Waals surface area contributed by atoms with Crippen molar-refractivity contribution in [2.75, 3.05) is 18.4 Å². The van der Waals surface area contributed by atoms with Crippen molar-refractivity contribution in [2.24, 2.45) is 0 Å². The smallest absolute Gasteiger partial charge is 0.249 e. The fourth-order valence-electron chi connectivity index (χ4n) is 4.58. The van der Waals surface area contributed by atoms with Crippen LogP contribution in [0.2, 0.25) is 0 Å². The second-order valence-electron chi connectivity index (χ2n) is 8.89. The summed E-state index contributed by atoms with van der Waals surface area (Å²) in [5.41, 5.74) is 4.86. The molecule has 3 heterocycles. The van der Waals surface area contributed by atoms with Crippen molar-refractivity contribution in [1.29, 1.82) is 0 Å². The van der Waals surface area contributed by atoms with Crippen LogP contribution in [0, 0.1) is 13.8 Å². The van der Waals surface area contributed by atoms with Crippen LogP contribution in [0.4, 0.5) is 5.69 Å². The first-order chi connectivity index (χ1) is 16.1. The predicted molar refractivity (Wildman–Crippen MR) is 129 cm³/mol. The first kappa shape index (κ1) is 21.4. The maximum atomic E-state index is 12.8. The summed E-state index contributed by atoms with van der Waals surface area (Å²) in [7, 11) is 0. The second kappa shape index (κ2) is 9.19. The molecule has 0 atom stereocenters. The zero-order valence-electron chi connectivity index (χ0n) is 19.2. The minimum atomic E-state index is -0.0782. The van der Waals surface area contributed by atoms with Crippen molar-refractivity contribution < 1.29 is 9.21 Å². The van der Waals surface area contributed by atoms with Gasteiger partial charge >= 0.3 is 0 Å². The number of hydrogen-bond donors (Lipinski definition) is 1. The summed E-state index contributed by atoms with van der Waals surface area (Å²) >= 11 is 0. The van der Waals surface area contributed by atoms with Crippen molar-refractivity contribution in [3.63, 3.8) is 0 Å². The lowest BCUT2D eigenvalue weighted by atomic mass is 10.1. The molecule has 0 unspecified atom stereocenters. The number of hydrogen-bond acceptors (Lipinski definition) is 5. The molecule has 0 bridgehead atoms. The average Bonchev–Trinajstić information content (AvgIpc) is 3.41. The number of fused-ring (bicyclic) bond motifs is 1. The number of nitrogens with zero attached hydrogens (tertiary/aromatic N) is 4. The molecule has 1 amide bonds. The Morgan fingerprint density at radius 1 is 1.06 bits per heavy atom. The topological polar surface area (TPSA) is 76.2 Å². The van der Waals surface area contributed by atoms with Gasteiger partial charge < -0.3 is 14.3 Å². The van der Waals surface area contributed by atoms with Crippen molar-refractivity contribution in [3.8, 4) is 11.5 Å². The minimum absolute atomic E-state index is 0.0782. The van der Waals surface area contributed by atoms with Crippen molar-refractivity contribution >= 4 is 22.5 Å². The van der Waals surface area contributed by atoms with E-state index in [-0.39, 0.29) is 12.5 Å². The first-order valence-corrected chi connectivity index (χ1v) is 11.6. The van der Waals surface area contributed by atoms with Crippen molar-refractivity contribution in [1.82, 2.24) is 19.7 Å². The van der Waals surface area contributed by atoms with Crippen LogP contribution < -0.4 is 5.32 Å². The Bertz CT molecular complexity index is 1280. The van der Waals surface area contributed by atoms with Crippen molar-refractivity contribution in [2.45, 2.75) is 46.2 Å². The number of piperidine rings is 1. The van der Waals surface area contributed by atoms with Gasteiger partial charge in [-0.2, -0.15) is 0 Å². The van der Waals surface area contributed by atoms with Crippen LogP contribution in [-0.4, -0.2) is 38.7 Å². The van der Waals surface area contributed by atoms with Crippen LogP contribution in [0.5, 0.6) is 0 Å². The van der Waals surface area contributed by atoms with Gasteiger partial charge in [-0.25, -0.2) is 0 Å². The van der Waals surface area contributed by atoms with E-state index in [1.165, 1.54) is 24.8 Å². The first-order valence-electron chi connectivity index (χ1n) is 11.6. The van der Waals surface area contributed by atoms with E-state index >= 15 is 0 Å². The van der Waals surface area contributed by atoms with Gasteiger partial charge in [0.05, 0.1) is 12.1 Å². The summed E-state index contributed by atoms with van der Waals surface area (Å²) in [6, 6.07) is 14.0. The molecule has 1 aliphatic heterocycles. The lowest BCUT2D eigenvalue weighted by molar-refractivity contribution is -0.116. The van der Waals surface area contributed by atoms with E-state index < -0.39 is 0 Å². The molecule has 1 saturated heterocycles. The maximum Gasteiger partial charge on any atom is 0.249 e. The lowest BCUT2D eigenvalue weighted by Crippen LogP contribution is -2.29. The van der Waals surface area contributed by atoms with Crippen LogP contribution >= 0.6 is 0 Å². The zero-order valence-corrected chi connectivity index (χ0v) is 19.2. The number of aromatic nitrogens is 3. The Kier molecular flexibility index (Phi) is 5.96. The summed E-state index contributed by atoms with van der Waals surface area (Å²) in [5.74, 6) is 1.05. The van der Waals surface area contributed by atoms with Gasteiger partial charge in [0.1, 0.15) is 6.54 Å². The Morgan fingerprint density at radius 2 is 1.88 bits per heavy atom. The SMILES string of the molecule is Cc1ccc(NC(=O)Cn2cc(-c3nnc(CN4CCCCC4)o3)c3ccccc32)c(C)c1. The molecule has 33 heavy (non-hydrogen) atoms. The highest BCUT2D eigenvalue weighted by molar-refractivity contribution is 5.96. The highest BCUT2D eigenvalue weighted by Gasteiger charge is 2.19. The van der Waals surface area contributed by atoms with E-state index in [1.807, 2.05) is 61.0 Å². The molecule has 1 fully saturated rings. The van der Waals surface area contributed by atoms with Crippen LogP contribution in [-0.2, 0) is 17.9 Å². The molecular formula is C26H29N5O2. The molecule has 7 heteroatoms. The summed E-state index contributed by atoms with van der Waals surface area (Å²) in [5, 5.41) is 12.6. The van der Waals surface area contributed by atoms with E-state index in [0.717, 1.165) is 40.8 Å².